The van der Waals surface area contributed by atoms with E-state index in [9.17, 15) is 4.39 Å². The summed E-state index contributed by atoms with van der Waals surface area (Å²) in [5.41, 5.74) is 7.12. The van der Waals surface area contributed by atoms with Crippen molar-refractivity contribution < 1.29 is 9.13 Å². The molecule has 0 amide bonds. The first-order chi connectivity index (χ1) is 9.10. The maximum atomic E-state index is 13.7. The highest BCUT2D eigenvalue weighted by atomic mass is 19.1. The van der Waals surface area contributed by atoms with Crippen LogP contribution in [0.1, 0.15) is 19.8 Å². The van der Waals surface area contributed by atoms with Gasteiger partial charge in [-0.2, -0.15) is 0 Å². The predicted octanol–water partition coefficient (Wildman–Crippen LogP) is 2.24. The first-order valence-corrected chi connectivity index (χ1v) is 6.67. The van der Waals surface area contributed by atoms with Gasteiger partial charge in [0.1, 0.15) is 0 Å². The lowest BCUT2D eigenvalue weighted by Gasteiger charge is -2.22. The molecule has 0 saturated heterocycles. The van der Waals surface area contributed by atoms with Gasteiger partial charge in [0.2, 0.25) is 0 Å². The summed E-state index contributed by atoms with van der Waals surface area (Å²) in [6.07, 6.45) is 1.84. The van der Waals surface area contributed by atoms with Crippen LogP contribution in [0, 0.1) is 5.82 Å². The largest absolute Gasteiger partial charge is 0.490 e. The van der Waals surface area contributed by atoms with Crippen molar-refractivity contribution in [1.29, 1.82) is 0 Å². The van der Waals surface area contributed by atoms with Crippen molar-refractivity contribution in [2.24, 2.45) is 0 Å². The van der Waals surface area contributed by atoms with Gasteiger partial charge in [-0.25, -0.2) is 4.39 Å². The van der Waals surface area contributed by atoms with Crippen LogP contribution >= 0.6 is 0 Å². The molecule has 0 saturated carbocycles. The number of hydrogen-bond acceptors (Lipinski definition) is 4. The average molecular weight is 269 g/mol. The Morgan fingerprint density at radius 1 is 1.42 bits per heavy atom. The molecule has 5 heteroatoms. The summed E-state index contributed by atoms with van der Waals surface area (Å²) in [5, 5.41) is 3.09. The van der Waals surface area contributed by atoms with E-state index in [1.165, 1.54) is 6.07 Å². The van der Waals surface area contributed by atoms with Crippen LogP contribution in [0.2, 0.25) is 0 Å². The van der Waals surface area contributed by atoms with Gasteiger partial charge >= 0.3 is 0 Å². The second-order valence-electron chi connectivity index (χ2n) is 4.57. The molecule has 0 bridgehead atoms. The summed E-state index contributed by atoms with van der Waals surface area (Å²) in [7, 11) is 3.87. The van der Waals surface area contributed by atoms with Gasteiger partial charge in [0.05, 0.1) is 18.0 Å². The second-order valence-corrected chi connectivity index (χ2v) is 4.57. The van der Waals surface area contributed by atoms with Crippen LogP contribution in [0.25, 0.3) is 0 Å². The Balaban J connectivity index is 2.80. The van der Waals surface area contributed by atoms with Crippen LogP contribution < -0.4 is 20.7 Å². The van der Waals surface area contributed by atoms with Gasteiger partial charge < -0.3 is 20.7 Å². The van der Waals surface area contributed by atoms with Crippen LogP contribution in [0.5, 0.6) is 5.75 Å². The van der Waals surface area contributed by atoms with Crippen molar-refractivity contribution in [2.75, 3.05) is 44.4 Å². The Labute approximate surface area is 114 Å². The maximum absolute atomic E-state index is 13.7. The third kappa shape index (κ3) is 4.59. The highest BCUT2D eigenvalue weighted by Gasteiger charge is 2.12. The zero-order chi connectivity index (χ0) is 14.3. The zero-order valence-corrected chi connectivity index (χ0v) is 12.0. The molecule has 0 fully saturated rings. The zero-order valence-electron chi connectivity index (χ0n) is 12.0. The molecule has 1 rings (SSSR count). The number of rotatable bonds is 8. The smallest absolute Gasteiger partial charge is 0.167 e. The molecule has 0 atom stereocenters. The highest BCUT2D eigenvalue weighted by Crippen LogP contribution is 2.30. The van der Waals surface area contributed by atoms with Crippen molar-refractivity contribution in [3.05, 3.63) is 17.9 Å². The van der Waals surface area contributed by atoms with Crippen LogP contribution in [0.3, 0.4) is 0 Å². The molecule has 0 aliphatic heterocycles. The Morgan fingerprint density at radius 2 is 2.16 bits per heavy atom. The second kappa shape index (κ2) is 7.84. The topological polar surface area (TPSA) is 50.5 Å². The molecule has 3 N–H and O–H groups in total. The molecular formula is C14H24FN3O. The van der Waals surface area contributed by atoms with E-state index >= 15 is 0 Å². The minimum atomic E-state index is -0.404. The number of ether oxygens (including phenoxy) is 1. The lowest BCUT2D eigenvalue weighted by Crippen LogP contribution is -2.23. The van der Waals surface area contributed by atoms with Crippen molar-refractivity contribution in [3.8, 4) is 5.75 Å². The number of nitrogens with zero attached hydrogens (tertiary/aromatic N) is 1. The van der Waals surface area contributed by atoms with Gasteiger partial charge in [-0.1, -0.05) is 6.92 Å². The average Bonchev–Trinajstić information content (AvgIpc) is 2.38. The van der Waals surface area contributed by atoms with Crippen LogP contribution in [-0.4, -0.2) is 33.8 Å². The van der Waals surface area contributed by atoms with Gasteiger partial charge in [-0.3, -0.25) is 0 Å². The molecule has 0 spiro atoms. The van der Waals surface area contributed by atoms with Gasteiger partial charge in [-0.05, 0) is 26.4 Å². The molecule has 0 aliphatic carbocycles. The Morgan fingerprint density at radius 3 is 2.79 bits per heavy atom. The molecule has 4 nitrogen and oxygen atoms in total. The summed E-state index contributed by atoms with van der Waals surface area (Å²) in [6, 6.07) is 3.01. The van der Waals surface area contributed by atoms with E-state index in [1.54, 1.807) is 6.07 Å². The fourth-order valence-corrected chi connectivity index (χ4v) is 1.82. The van der Waals surface area contributed by atoms with Crippen LogP contribution in [0.15, 0.2) is 12.1 Å². The lowest BCUT2D eigenvalue weighted by molar-refractivity contribution is 0.301. The molecular weight excluding hydrogens is 245 g/mol. The summed E-state index contributed by atoms with van der Waals surface area (Å²) < 4.78 is 19.1. The van der Waals surface area contributed by atoms with Crippen LogP contribution in [0.4, 0.5) is 15.8 Å². The van der Waals surface area contributed by atoms with E-state index in [0.29, 0.717) is 12.3 Å². The molecule has 0 aliphatic rings. The van der Waals surface area contributed by atoms with Gasteiger partial charge in [-0.15, -0.1) is 0 Å². The minimum absolute atomic E-state index is 0.270. The van der Waals surface area contributed by atoms with Gasteiger partial charge in [0, 0.05) is 25.7 Å². The number of anilines is 2. The fraction of sp³-hybridized carbons (Fsp3) is 0.571. The summed E-state index contributed by atoms with van der Waals surface area (Å²) in [6.45, 7) is 4.28. The highest BCUT2D eigenvalue weighted by molar-refractivity contribution is 5.69. The number of nitrogens with two attached hydrogens (primary N) is 1. The molecule has 1 aromatic rings. The minimum Gasteiger partial charge on any atom is -0.490 e. The molecule has 108 valence electrons. The molecule has 0 unspecified atom stereocenters. The molecule has 19 heavy (non-hydrogen) atoms. The van der Waals surface area contributed by atoms with E-state index in [4.69, 9.17) is 10.5 Å². The standard InChI is InChI=1S/C14H24FN3O/c1-4-8-19-14-10-13(12(16)9-11(14)15)18(3)7-5-6-17-2/h9-10,17H,4-8,16H2,1-3H3. The predicted molar refractivity (Wildman–Crippen MR) is 78.4 cm³/mol. The summed E-state index contributed by atoms with van der Waals surface area (Å²) >= 11 is 0. The van der Waals surface area contributed by atoms with Gasteiger partial charge in [0.25, 0.3) is 0 Å². The van der Waals surface area contributed by atoms with Crippen molar-refractivity contribution in [2.45, 2.75) is 19.8 Å². The SMILES string of the molecule is CCCOc1cc(N(C)CCCNC)c(N)cc1F. The van der Waals surface area contributed by atoms with E-state index in [1.807, 2.05) is 25.9 Å². The summed E-state index contributed by atoms with van der Waals surface area (Å²) in [5.74, 6) is -0.134. The van der Waals surface area contributed by atoms with Gasteiger partial charge in [0.15, 0.2) is 11.6 Å². The monoisotopic (exact) mass is 269 g/mol. The van der Waals surface area contributed by atoms with Crippen molar-refractivity contribution in [3.63, 3.8) is 0 Å². The maximum Gasteiger partial charge on any atom is 0.167 e. The Bertz CT molecular complexity index is 399. The molecule has 0 radical (unpaired) electrons. The number of nitrogen functional groups attached to an aromatic ring is 1. The Kier molecular flexibility index (Phi) is 6.42. The van der Waals surface area contributed by atoms with E-state index in [-0.39, 0.29) is 5.75 Å². The normalized spacial score (nSPS) is 10.5. The van der Waals surface area contributed by atoms with Crippen LogP contribution in [-0.2, 0) is 0 Å². The molecule has 0 aromatic heterocycles. The first-order valence-electron chi connectivity index (χ1n) is 6.67. The summed E-state index contributed by atoms with van der Waals surface area (Å²) in [4.78, 5) is 2.02. The number of benzene rings is 1. The van der Waals surface area contributed by atoms with Crippen molar-refractivity contribution in [1.82, 2.24) is 5.32 Å². The fourth-order valence-electron chi connectivity index (χ4n) is 1.82. The Hall–Kier alpha value is -1.49. The van der Waals surface area contributed by atoms with Crippen molar-refractivity contribution >= 4 is 11.4 Å². The van der Waals surface area contributed by atoms with E-state index < -0.39 is 5.82 Å². The third-order valence-electron chi connectivity index (χ3n) is 2.87. The first kappa shape index (κ1) is 15.6. The number of hydrogen-bond donors (Lipinski definition) is 2. The lowest BCUT2D eigenvalue weighted by atomic mass is 10.2. The third-order valence-corrected chi connectivity index (χ3v) is 2.87. The molecule has 0 heterocycles. The number of halogens is 1. The quantitative estimate of drug-likeness (QED) is 0.561. The van der Waals surface area contributed by atoms with E-state index in [2.05, 4.69) is 5.32 Å². The molecule has 1 aromatic carbocycles. The number of nitrogens with one attached hydrogen (secondary N) is 1. The van der Waals surface area contributed by atoms with E-state index in [0.717, 1.165) is 31.6 Å².